The maximum Gasteiger partial charge on any atom is 0.315 e. The van der Waals surface area contributed by atoms with Gasteiger partial charge in [0.25, 0.3) is 5.89 Å². The normalized spacial score (nSPS) is 11.0. The van der Waals surface area contributed by atoms with Crippen molar-refractivity contribution < 1.29 is 13.9 Å². The van der Waals surface area contributed by atoms with E-state index in [4.69, 9.17) is 42.1 Å². The number of anilines is 3. The number of rotatable bonds is 8. The molecule has 0 unspecified atom stereocenters. The molecule has 0 aliphatic rings. The lowest BCUT2D eigenvalue weighted by Crippen LogP contribution is -2.01. The summed E-state index contributed by atoms with van der Waals surface area (Å²) in [6.07, 6.45) is 3.49. The van der Waals surface area contributed by atoms with Crippen LogP contribution in [0.25, 0.3) is 28.5 Å². The molecule has 10 nitrogen and oxygen atoms in total. The summed E-state index contributed by atoms with van der Waals surface area (Å²) in [5, 5.41) is 15.6. The van der Waals surface area contributed by atoms with Gasteiger partial charge in [-0.05, 0) is 31.2 Å². The number of hydrogen-bond acceptors (Lipinski definition) is 9. The average Bonchev–Trinajstić information content (AvgIpc) is 3.50. The number of aromatic nitrogens is 5. The topological polar surface area (TPSA) is 112 Å². The Bertz CT molecular complexity index is 1530. The molecule has 36 heavy (non-hydrogen) atoms. The Morgan fingerprint density at radius 2 is 1.86 bits per heavy atom. The Kier molecular flexibility index (Phi) is 6.53. The first-order valence-electron chi connectivity index (χ1n) is 10.9. The standard InChI is InChI=1S/C24H21Cl2N7O3/c1-4-27-24-32-31-22(36-24)14-11-13(34-2)12-17(35-3)18(14)20-21(33-10-6-9-28-23(33)30-20)29-19-15(25)7-5-8-16(19)26/h5-12,29H,4H2,1-3H3,(H,27,32). The molecule has 5 rings (SSSR count). The molecule has 12 heteroatoms. The third-order valence-electron chi connectivity index (χ3n) is 5.36. The SMILES string of the molecule is CCNc1nnc(-c2cc(OC)cc(OC)c2-c2nc3ncccn3c2Nc2c(Cl)cccc2Cl)o1. The first-order chi connectivity index (χ1) is 17.5. The molecule has 0 aliphatic carbocycles. The fraction of sp³-hybridized carbons (Fsp3) is 0.167. The fourth-order valence-corrected chi connectivity index (χ4v) is 4.25. The van der Waals surface area contributed by atoms with Gasteiger partial charge >= 0.3 is 6.01 Å². The number of hydrogen-bond donors (Lipinski definition) is 2. The van der Waals surface area contributed by atoms with Gasteiger partial charge in [0.05, 0.1) is 41.1 Å². The van der Waals surface area contributed by atoms with E-state index in [-0.39, 0.29) is 11.9 Å². The molecule has 0 atom stereocenters. The van der Waals surface area contributed by atoms with Crippen LogP contribution in [0.3, 0.4) is 0 Å². The van der Waals surface area contributed by atoms with Gasteiger partial charge in [0.1, 0.15) is 23.0 Å². The summed E-state index contributed by atoms with van der Waals surface area (Å²) in [5.74, 6) is 2.28. The highest BCUT2D eigenvalue weighted by Crippen LogP contribution is 2.46. The van der Waals surface area contributed by atoms with E-state index < -0.39 is 0 Å². The second-order valence-corrected chi connectivity index (χ2v) is 8.33. The summed E-state index contributed by atoms with van der Waals surface area (Å²) >= 11 is 13.0. The zero-order valence-electron chi connectivity index (χ0n) is 19.5. The van der Waals surface area contributed by atoms with E-state index in [2.05, 4.69) is 25.8 Å². The number of para-hydroxylation sites is 1. The third-order valence-corrected chi connectivity index (χ3v) is 5.99. The van der Waals surface area contributed by atoms with Crippen LogP contribution in [0, 0.1) is 0 Å². The third kappa shape index (κ3) is 4.25. The number of nitrogens with zero attached hydrogens (tertiary/aromatic N) is 5. The maximum absolute atomic E-state index is 6.48. The van der Waals surface area contributed by atoms with Gasteiger partial charge in [-0.15, -0.1) is 5.10 Å². The minimum absolute atomic E-state index is 0.255. The number of imidazole rings is 1. The van der Waals surface area contributed by atoms with Gasteiger partial charge in [0.15, 0.2) is 0 Å². The molecule has 0 amide bonds. The van der Waals surface area contributed by atoms with E-state index in [1.165, 1.54) is 0 Å². The van der Waals surface area contributed by atoms with E-state index >= 15 is 0 Å². The largest absolute Gasteiger partial charge is 0.497 e. The molecule has 184 valence electrons. The minimum Gasteiger partial charge on any atom is -0.497 e. The highest BCUT2D eigenvalue weighted by atomic mass is 35.5. The number of fused-ring (bicyclic) bond motifs is 1. The van der Waals surface area contributed by atoms with Gasteiger partial charge in [0, 0.05) is 25.0 Å². The molecule has 0 bridgehead atoms. The predicted molar refractivity (Wildman–Crippen MR) is 139 cm³/mol. The molecule has 3 heterocycles. The van der Waals surface area contributed by atoms with Crippen molar-refractivity contribution in [3.05, 3.63) is 58.8 Å². The molecule has 0 radical (unpaired) electrons. The van der Waals surface area contributed by atoms with Gasteiger partial charge in [-0.25, -0.2) is 9.97 Å². The first kappa shape index (κ1) is 23.7. The smallest absolute Gasteiger partial charge is 0.315 e. The maximum atomic E-state index is 6.48. The van der Waals surface area contributed by atoms with E-state index in [0.717, 1.165) is 0 Å². The van der Waals surface area contributed by atoms with E-state index in [9.17, 15) is 0 Å². The summed E-state index contributed by atoms with van der Waals surface area (Å²) in [6, 6.07) is 10.9. The molecular weight excluding hydrogens is 505 g/mol. The van der Waals surface area contributed by atoms with Crippen molar-refractivity contribution in [3.8, 4) is 34.2 Å². The Morgan fingerprint density at radius 3 is 2.58 bits per heavy atom. The first-order valence-corrected chi connectivity index (χ1v) is 11.7. The molecule has 0 saturated carbocycles. The Balaban J connectivity index is 1.79. The van der Waals surface area contributed by atoms with Crippen molar-refractivity contribution in [2.75, 3.05) is 31.4 Å². The Hall–Kier alpha value is -4.02. The van der Waals surface area contributed by atoms with Crippen molar-refractivity contribution in [1.29, 1.82) is 0 Å². The van der Waals surface area contributed by atoms with Crippen LogP contribution in [0.4, 0.5) is 17.5 Å². The molecular formula is C24H21Cl2N7O3. The van der Waals surface area contributed by atoms with E-state index in [1.54, 1.807) is 61.2 Å². The molecule has 2 aromatic carbocycles. The van der Waals surface area contributed by atoms with E-state index in [0.29, 0.717) is 62.2 Å². The molecule has 2 N–H and O–H groups in total. The second-order valence-electron chi connectivity index (χ2n) is 7.52. The van der Waals surface area contributed by atoms with Crippen LogP contribution in [0.5, 0.6) is 11.5 Å². The Morgan fingerprint density at radius 1 is 1.06 bits per heavy atom. The summed E-state index contributed by atoms with van der Waals surface area (Å²) in [4.78, 5) is 9.22. The predicted octanol–water partition coefficient (Wildman–Crippen LogP) is 5.95. The highest BCUT2D eigenvalue weighted by Gasteiger charge is 2.26. The average molecular weight is 526 g/mol. The summed E-state index contributed by atoms with van der Waals surface area (Å²) in [6.45, 7) is 2.56. The van der Waals surface area contributed by atoms with Crippen LogP contribution in [0.2, 0.25) is 10.0 Å². The van der Waals surface area contributed by atoms with Crippen LogP contribution in [0.15, 0.2) is 53.2 Å². The van der Waals surface area contributed by atoms with Crippen LogP contribution < -0.4 is 20.1 Å². The lowest BCUT2D eigenvalue weighted by Gasteiger charge is -2.16. The van der Waals surface area contributed by atoms with Crippen LogP contribution in [-0.2, 0) is 0 Å². The van der Waals surface area contributed by atoms with Crippen LogP contribution in [-0.4, -0.2) is 45.3 Å². The van der Waals surface area contributed by atoms with Crippen molar-refractivity contribution in [2.45, 2.75) is 6.92 Å². The Labute approximate surface area is 216 Å². The zero-order chi connectivity index (χ0) is 25.2. The van der Waals surface area contributed by atoms with Gasteiger partial charge in [-0.2, -0.15) is 0 Å². The van der Waals surface area contributed by atoms with Gasteiger partial charge in [0.2, 0.25) is 5.78 Å². The number of nitrogens with one attached hydrogen (secondary N) is 2. The minimum atomic E-state index is 0.255. The molecule has 3 aromatic heterocycles. The lowest BCUT2D eigenvalue weighted by molar-refractivity contribution is 0.395. The summed E-state index contributed by atoms with van der Waals surface area (Å²) in [7, 11) is 3.13. The van der Waals surface area contributed by atoms with Crippen molar-refractivity contribution >= 4 is 46.5 Å². The molecule has 0 spiro atoms. The highest BCUT2D eigenvalue weighted by molar-refractivity contribution is 6.39. The number of halogens is 2. The van der Waals surface area contributed by atoms with Crippen molar-refractivity contribution in [3.63, 3.8) is 0 Å². The number of benzene rings is 2. The summed E-state index contributed by atoms with van der Waals surface area (Å²) in [5.41, 5.74) is 2.16. The van der Waals surface area contributed by atoms with Crippen molar-refractivity contribution in [2.24, 2.45) is 0 Å². The lowest BCUT2D eigenvalue weighted by atomic mass is 10.0. The van der Waals surface area contributed by atoms with Gasteiger partial charge in [-0.3, -0.25) is 4.40 Å². The van der Waals surface area contributed by atoms with Gasteiger partial charge < -0.3 is 24.5 Å². The fourth-order valence-electron chi connectivity index (χ4n) is 3.75. The molecule has 0 fully saturated rings. The summed E-state index contributed by atoms with van der Waals surface area (Å²) < 4.78 is 19.0. The second kappa shape index (κ2) is 9.92. The molecule has 0 saturated heterocycles. The number of methoxy groups -OCH3 is 2. The molecule has 0 aliphatic heterocycles. The van der Waals surface area contributed by atoms with Gasteiger partial charge in [-0.1, -0.05) is 34.4 Å². The van der Waals surface area contributed by atoms with Crippen LogP contribution in [0.1, 0.15) is 6.92 Å². The van der Waals surface area contributed by atoms with Crippen molar-refractivity contribution in [1.82, 2.24) is 24.6 Å². The zero-order valence-corrected chi connectivity index (χ0v) is 21.1. The number of ether oxygens (including phenoxy) is 2. The van der Waals surface area contributed by atoms with Crippen LogP contribution >= 0.6 is 23.2 Å². The quantitative estimate of drug-likeness (QED) is 0.254. The van der Waals surface area contributed by atoms with E-state index in [1.807, 2.05) is 13.1 Å². The molecule has 5 aromatic rings. The monoisotopic (exact) mass is 525 g/mol.